The summed E-state index contributed by atoms with van der Waals surface area (Å²) in [5, 5.41) is 2.57. The van der Waals surface area contributed by atoms with Crippen LogP contribution in [0.4, 0.5) is 13.2 Å². The standard InChI is InChI=1S/C21H16F3N3O2/c22-21(23,24)16-4-1-3-13(11-16)12-26-20(29)18-6-2-5-17(27-18)14-7-9-15(10-8-14)19(25)28/h1-11H,12H2,(H2,25,28)(H,26,29). The maximum Gasteiger partial charge on any atom is 0.416 e. The number of alkyl halides is 3. The van der Waals surface area contributed by atoms with Crippen LogP contribution in [0.1, 0.15) is 32.0 Å². The van der Waals surface area contributed by atoms with E-state index in [9.17, 15) is 22.8 Å². The molecule has 0 unspecified atom stereocenters. The number of pyridine rings is 1. The van der Waals surface area contributed by atoms with Crippen LogP contribution >= 0.6 is 0 Å². The number of benzene rings is 2. The summed E-state index contributed by atoms with van der Waals surface area (Å²) in [5.74, 6) is -1.06. The minimum Gasteiger partial charge on any atom is -0.366 e. The lowest BCUT2D eigenvalue weighted by atomic mass is 10.1. The second-order valence-corrected chi connectivity index (χ2v) is 6.23. The molecule has 3 aromatic rings. The zero-order chi connectivity index (χ0) is 21.0. The molecule has 5 nitrogen and oxygen atoms in total. The molecule has 0 aliphatic carbocycles. The number of rotatable bonds is 5. The first-order valence-corrected chi connectivity index (χ1v) is 8.55. The first-order valence-electron chi connectivity index (χ1n) is 8.55. The van der Waals surface area contributed by atoms with E-state index in [4.69, 9.17) is 5.73 Å². The van der Waals surface area contributed by atoms with Crippen molar-refractivity contribution in [3.63, 3.8) is 0 Å². The van der Waals surface area contributed by atoms with E-state index < -0.39 is 23.6 Å². The van der Waals surface area contributed by atoms with Gasteiger partial charge in [-0.15, -0.1) is 0 Å². The Morgan fingerprint density at radius 3 is 2.31 bits per heavy atom. The van der Waals surface area contributed by atoms with Gasteiger partial charge in [-0.1, -0.05) is 30.3 Å². The SMILES string of the molecule is NC(=O)c1ccc(-c2cccc(C(=O)NCc3cccc(C(F)(F)F)c3)n2)cc1. The quantitative estimate of drug-likeness (QED) is 0.684. The first kappa shape index (κ1) is 20.1. The van der Waals surface area contributed by atoms with Crippen molar-refractivity contribution in [3.05, 3.63) is 89.1 Å². The highest BCUT2D eigenvalue weighted by atomic mass is 19.4. The van der Waals surface area contributed by atoms with Crippen molar-refractivity contribution in [3.8, 4) is 11.3 Å². The molecule has 2 aromatic carbocycles. The van der Waals surface area contributed by atoms with Crippen LogP contribution < -0.4 is 11.1 Å². The Bertz CT molecular complexity index is 1050. The topological polar surface area (TPSA) is 85.1 Å². The summed E-state index contributed by atoms with van der Waals surface area (Å²) in [7, 11) is 0. The highest BCUT2D eigenvalue weighted by Gasteiger charge is 2.30. The number of aromatic nitrogens is 1. The van der Waals surface area contributed by atoms with Crippen molar-refractivity contribution >= 4 is 11.8 Å². The molecule has 8 heteroatoms. The van der Waals surface area contributed by atoms with E-state index in [-0.39, 0.29) is 12.2 Å². The molecule has 148 valence electrons. The van der Waals surface area contributed by atoms with Gasteiger partial charge in [-0.05, 0) is 42.0 Å². The Morgan fingerprint density at radius 2 is 1.66 bits per heavy atom. The van der Waals surface area contributed by atoms with Crippen molar-refractivity contribution in [2.75, 3.05) is 0 Å². The third kappa shape index (κ3) is 4.98. The summed E-state index contributed by atoms with van der Waals surface area (Å²) in [5.41, 5.74) is 6.42. The van der Waals surface area contributed by atoms with Gasteiger partial charge in [0.25, 0.3) is 5.91 Å². The minimum absolute atomic E-state index is 0.0675. The molecule has 0 aliphatic heterocycles. The highest BCUT2D eigenvalue weighted by Crippen LogP contribution is 2.29. The Kier molecular flexibility index (Phi) is 5.63. The largest absolute Gasteiger partial charge is 0.416 e. The summed E-state index contributed by atoms with van der Waals surface area (Å²) in [6, 6.07) is 16.0. The maximum atomic E-state index is 12.8. The van der Waals surface area contributed by atoms with Crippen molar-refractivity contribution < 1.29 is 22.8 Å². The second kappa shape index (κ2) is 8.14. The molecule has 0 bridgehead atoms. The molecule has 2 amide bonds. The number of halogens is 3. The van der Waals surface area contributed by atoms with E-state index in [0.29, 0.717) is 22.4 Å². The molecule has 0 aliphatic rings. The van der Waals surface area contributed by atoms with Gasteiger partial charge < -0.3 is 11.1 Å². The average Bonchev–Trinajstić information content (AvgIpc) is 2.72. The lowest BCUT2D eigenvalue weighted by molar-refractivity contribution is -0.137. The summed E-state index contributed by atoms with van der Waals surface area (Å²) < 4.78 is 38.4. The summed E-state index contributed by atoms with van der Waals surface area (Å²) in [6.07, 6.45) is -4.44. The monoisotopic (exact) mass is 399 g/mol. The first-order chi connectivity index (χ1) is 13.7. The lowest BCUT2D eigenvalue weighted by Gasteiger charge is -2.10. The normalized spacial score (nSPS) is 11.1. The highest BCUT2D eigenvalue weighted by molar-refractivity contribution is 5.94. The van der Waals surface area contributed by atoms with Gasteiger partial charge >= 0.3 is 6.18 Å². The van der Waals surface area contributed by atoms with Gasteiger partial charge in [-0.2, -0.15) is 13.2 Å². The van der Waals surface area contributed by atoms with Gasteiger partial charge in [0.1, 0.15) is 5.69 Å². The molecule has 0 fully saturated rings. The van der Waals surface area contributed by atoms with Gasteiger partial charge in [-0.25, -0.2) is 4.98 Å². The van der Waals surface area contributed by atoms with Crippen LogP contribution in [0.25, 0.3) is 11.3 Å². The molecule has 1 heterocycles. The number of nitrogens with two attached hydrogens (primary N) is 1. The van der Waals surface area contributed by atoms with E-state index in [0.717, 1.165) is 12.1 Å². The lowest BCUT2D eigenvalue weighted by Crippen LogP contribution is -2.24. The molecule has 0 atom stereocenters. The van der Waals surface area contributed by atoms with Crippen molar-refractivity contribution in [2.24, 2.45) is 5.73 Å². The molecule has 0 spiro atoms. The third-order valence-electron chi connectivity index (χ3n) is 4.15. The molecule has 29 heavy (non-hydrogen) atoms. The molecule has 3 rings (SSSR count). The summed E-state index contributed by atoms with van der Waals surface area (Å²) in [6.45, 7) is -0.0675. The Hall–Kier alpha value is -3.68. The van der Waals surface area contributed by atoms with Crippen LogP contribution in [0, 0.1) is 0 Å². The van der Waals surface area contributed by atoms with Gasteiger partial charge in [-0.3, -0.25) is 9.59 Å². The maximum absolute atomic E-state index is 12.8. The van der Waals surface area contributed by atoms with Crippen LogP contribution in [0.15, 0.2) is 66.7 Å². The number of nitrogens with zero attached hydrogens (tertiary/aromatic N) is 1. The van der Waals surface area contributed by atoms with Crippen LogP contribution in [-0.2, 0) is 12.7 Å². The Morgan fingerprint density at radius 1 is 0.966 bits per heavy atom. The Labute approximate surface area is 164 Å². The van der Waals surface area contributed by atoms with Crippen LogP contribution in [-0.4, -0.2) is 16.8 Å². The molecule has 3 N–H and O–H groups in total. The predicted octanol–water partition coefficient (Wildman–Crippen LogP) is 3.80. The summed E-state index contributed by atoms with van der Waals surface area (Å²) >= 11 is 0. The van der Waals surface area contributed by atoms with Crippen molar-refractivity contribution in [1.82, 2.24) is 10.3 Å². The van der Waals surface area contributed by atoms with Crippen molar-refractivity contribution in [2.45, 2.75) is 12.7 Å². The van der Waals surface area contributed by atoms with Gasteiger partial charge in [0.05, 0.1) is 11.3 Å². The molecule has 0 saturated heterocycles. The van der Waals surface area contributed by atoms with Gasteiger partial charge in [0.15, 0.2) is 0 Å². The fraction of sp³-hybridized carbons (Fsp3) is 0.0952. The van der Waals surface area contributed by atoms with E-state index >= 15 is 0 Å². The van der Waals surface area contributed by atoms with E-state index in [1.54, 1.807) is 36.4 Å². The van der Waals surface area contributed by atoms with E-state index in [1.807, 2.05) is 0 Å². The second-order valence-electron chi connectivity index (χ2n) is 6.23. The number of carbonyl (C=O) groups excluding carboxylic acids is 2. The van der Waals surface area contributed by atoms with Crippen LogP contribution in [0.2, 0.25) is 0 Å². The van der Waals surface area contributed by atoms with Gasteiger partial charge in [0, 0.05) is 17.7 Å². The zero-order valence-corrected chi connectivity index (χ0v) is 15.0. The number of primary amides is 1. The summed E-state index contributed by atoms with van der Waals surface area (Å²) in [4.78, 5) is 27.8. The number of carbonyl (C=O) groups is 2. The van der Waals surface area contributed by atoms with Crippen molar-refractivity contribution in [1.29, 1.82) is 0 Å². The molecule has 0 radical (unpaired) electrons. The number of hydrogen-bond acceptors (Lipinski definition) is 3. The predicted molar refractivity (Wildman–Crippen MR) is 101 cm³/mol. The van der Waals surface area contributed by atoms with Crippen LogP contribution in [0.3, 0.4) is 0 Å². The molecule has 0 saturated carbocycles. The Balaban J connectivity index is 1.72. The van der Waals surface area contributed by atoms with Crippen LogP contribution in [0.5, 0.6) is 0 Å². The molecule has 1 aromatic heterocycles. The third-order valence-corrected chi connectivity index (χ3v) is 4.15. The molecular formula is C21H16F3N3O2. The molecular weight excluding hydrogens is 383 g/mol. The minimum atomic E-state index is -4.44. The smallest absolute Gasteiger partial charge is 0.366 e. The van der Waals surface area contributed by atoms with E-state index in [2.05, 4.69) is 10.3 Å². The number of amides is 2. The number of hydrogen-bond donors (Lipinski definition) is 2. The average molecular weight is 399 g/mol. The van der Waals surface area contributed by atoms with E-state index in [1.165, 1.54) is 18.2 Å². The van der Waals surface area contributed by atoms with Gasteiger partial charge in [0.2, 0.25) is 5.91 Å². The fourth-order valence-electron chi connectivity index (χ4n) is 2.66. The zero-order valence-electron chi connectivity index (χ0n) is 15.0. The number of nitrogens with one attached hydrogen (secondary N) is 1. The fourth-order valence-corrected chi connectivity index (χ4v) is 2.66.